The van der Waals surface area contributed by atoms with Gasteiger partial charge in [-0.2, -0.15) is 0 Å². The summed E-state index contributed by atoms with van der Waals surface area (Å²) in [6.45, 7) is 0.449. The van der Waals surface area contributed by atoms with Crippen LogP contribution in [0.15, 0.2) is 42.5 Å². The van der Waals surface area contributed by atoms with Crippen LogP contribution in [0.2, 0.25) is 0 Å². The number of nitrogens with one attached hydrogen (secondary N) is 1. The van der Waals surface area contributed by atoms with E-state index in [0.29, 0.717) is 12.1 Å². The highest BCUT2D eigenvalue weighted by Gasteiger charge is 2.07. The lowest BCUT2D eigenvalue weighted by atomic mass is 10.1. The van der Waals surface area contributed by atoms with E-state index < -0.39 is 0 Å². The Bertz CT molecular complexity index is 568. The number of hydrogen-bond donors (Lipinski definition) is 3. The minimum Gasteiger partial charge on any atom is -0.504 e. The summed E-state index contributed by atoms with van der Waals surface area (Å²) in [7, 11) is 3.96. The third-order valence-electron chi connectivity index (χ3n) is 2.95. The summed E-state index contributed by atoms with van der Waals surface area (Å²) in [5, 5.41) is 22.5. The van der Waals surface area contributed by atoms with Gasteiger partial charge in [-0.3, -0.25) is 0 Å². The molecule has 3 N–H and O–H groups in total. The zero-order valence-electron chi connectivity index (χ0n) is 11.1. The zero-order valence-corrected chi connectivity index (χ0v) is 11.1. The predicted octanol–water partition coefficient (Wildman–Crippen LogP) is 2.78. The molecule has 0 heterocycles. The summed E-state index contributed by atoms with van der Waals surface area (Å²) < 4.78 is 0. The Hall–Kier alpha value is -2.36. The summed E-state index contributed by atoms with van der Waals surface area (Å²) in [6, 6.07) is 12.9. The van der Waals surface area contributed by atoms with Crippen LogP contribution in [0, 0.1) is 0 Å². The van der Waals surface area contributed by atoms with Crippen LogP contribution >= 0.6 is 0 Å². The molecule has 2 aromatic rings. The van der Waals surface area contributed by atoms with Crippen LogP contribution < -0.4 is 10.2 Å². The number of benzene rings is 2. The molecule has 0 fully saturated rings. The molecule has 4 heteroatoms. The molecule has 2 rings (SSSR count). The summed E-state index contributed by atoms with van der Waals surface area (Å²) in [6.07, 6.45) is 0. The molecule has 2 aromatic carbocycles. The molecule has 4 nitrogen and oxygen atoms in total. The molecule has 0 saturated heterocycles. The van der Waals surface area contributed by atoms with Crippen molar-refractivity contribution in [2.24, 2.45) is 0 Å². The van der Waals surface area contributed by atoms with Crippen molar-refractivity contribution in [2.75, 3.05) is 24.3 Å². The third-order valence-corrected chi connectivity index (χ3v) is 2.95. The number of para-hydroxylation sites is 3. The van der Waals surface area contributed by atoms with Crippen molar-refractivity contribution in [1.29, 1.82) is 0 Å². The molecule has 100 valence electrons. The Morgan fingerprint density at radius 3 is 2.47 bits per heavy atom. The molecule has 0 saturated carbocycles. The van der Waals surface area contributed by atoms with Crippen LogP contribution in [-0.2, 0) is 6.54 Å². The van der Waals surface area contributed by atoms with Gasteiger partial charge >= 0.3 is 0 Å². The SMILES string of the molecule is CN(C)c1ccccc1NCc1cccc(O)c1O. The monoisotopic (exact) mass is 258 g/mol. The van der Waals surface area contributed by atoms with E-state index in [1.54, 1.807) is 12.1 Å². The lowest BCUT2D eigenvalue weighted by Gasteiger charge is -2.18. The molecule has 19 heavy (non-hydrogen) atoms. The Balaban J connectivity index is 2.17. The van der Waals surface area contributed by atoms with Crippen LogP contribution in [0.3, 0.4) is 0 Å². The first kappa shape index (κ1) is 13.1. The Morgan fingerprint density at radius 1 is 1.00 bits per heavy atom. The summed E-state index contributed by atoms with van der Waals surface area (Å²) in [5.41, 5.74) is 2.71. The number of phenols is 2. The molecule has 0 unspecified atom stereocenters. The number of aromatic hydroxyl groups is 2. The second-order valence-electron chi connectivity index (χ2n) is 4.55. The van der Waals surface area contributed by atoms with E-state index in [9.17, 15) is 10.2 Å². The van der Waals surface area contributed by atoms with Crippen molar-refractivity contribution in [3.8, 4) is 11.5 Å². The molecular formula is C15H18N2O2. The van der Waals surface area contributed by atoms with Gasteiger partial charge in [0, 0.05) is 26.2 Å². The normalized spacial score (nSPS) is 10.2. The summed E-state index contributed by atoms with van der Waals surface area (Å²) in [4.78, 5) is 2.02. The van der Waals surface area contributed by atoms with Crippen molar-refractivity contribution < 1.29 is 10.2 Å². The van der Waals surface area contributed by atoms with E-state index in [1.165, 1.54) is 6.07 Å². The van der Waals surface area contributed by atoms with Gasteiger partial charge in [0.2, 0.25) is 0 Å². The smallest absolute Gasteiger partial charge is 0.162 e. The largest absolute Gasteiger partial charge is 0.504 e. The van der Waals surface area contributed by atoms with Gasteiger partial charge in [0.05, 0.1) is 11.4 Å². The van der Waals surface area contributed by atoms with Crippen LogP contribution in [0.1, 0.15) is 5.56 Å². The van der Waals surface area contributed by atoms with Gasteiger partial charge in [-0.1, -0.05) is 24.3 Å². The number of rotatable bonds is 4. The second kappa shape index (κ2) is 5.52. The molecule has 0 bridgehead atoms. The standard InChI is InChI=1S/C15H18N2O2/c1-17(2)13-8-4-3-7-12(13)16-10-11-6-5-9-14(18)15(11)19/h3-9,16,18-19H,10H2,1-2H3. The van der Waals surface area contributed by atoms with Gasteiger partial charge in [-0.25, -0.2) is 0 Å². The fraction of sp³-hybridized carbons (Fsp3) is 0.200. The van der Waals surface area contributed by atoms with Crippen molar-refractivity contribution >= 4 is 11.4 Å². The first-order chi connectivity index (χ1) is 9.09. The van der Waals surface area contributed by atoms with Gasteiger partial charge in [-0.15, -0.1) is 0 Å². The first-order valence-corrected chi connectivity index (χ1v) is 6.09. The quantitative estimate of drug-likeness (QED) is 0.738. The van der Waals surface area contributed by atoms with Crippen molar-refractivity contribution in [3.63, 3.8) is 0 Å². The fourth-order valence-electron chi connectivity index (χ4n) is 1.92. The van der Waals surface area contributed by atoms with E-state index in [1.807, 2.05) is 43.3 Å². The van der Waals surface area contributed by atoms with Crippen molar-refractivity contribution in [3.05, 3.63) is 48.0 Å². The molecule has 0 aromatic heterocycles. The van der Waals surface area contributed by atoms with E-state index in [2.05, 4.69) is 5.32 Å². The third kappa shape index (κ3) is 2.91. The second-order valence-corrected chi connectivity index (χ2v) is 4.55. The fourth-order valence-corrected chi connectivity index (χ4v) is 1.92. The topological polar surface area (TPSA) is 55.7 Å². The first-order valence-electron chi connectivity index (χ1n) is 6.09. The molecular weight excluding hydrogens is 240 g/mol. The highest BCUT2D eigenvalue weighted by Crippen LogP contribution is 2.30. The number of hydrogen-bond acceptors (Lipinski definition) is 4. The molecule has 0 aliphatic heterocycles. The lowest BCUT2D eigenvalue weighted by molar-refractivity contribution is 0.400. The van der Waals surface area contributed by atoms with Gasteiger partial charge in [0.15, 0.2) is 11.5 Å². The predicted molar refractivity (Wildman–Crippen MR) is 77.9 cm³/mol. The van der Waals surface area contributed by atoms with E-state index >= 15 is 0 Å². The molecule has 0 aliphatic rings. The van der Waals surface area contributed by atoms with Gasteiger partial charge < -0.3 is 20.4 Å². The average Bonchev–Trinajstić information content (AvgIpc) is 2.40. The molecule has 0 atom stereocenters. The minimum atomic E-state index is -0.0970. The molecule has 0 radical (unpaired) electrons. The van der Waals surface area contributed by atoms with Gasteiger partial charge in [0.25, 0.3) is 0 Å². The van der Waals surface area contributed by atoms with Crippen molar-refractivity contribution in [2.45, 2.75) is 6.54 Å². The molecule has 0 aliphatic carbocycles. The van der Waals surface area contributed by atoms with Gasteiger partial charge in [0.1, 0.15) is 0 Å². The van der Waals surface area contributed by atoms with Crippen LogP contribution in [0.5, 0.6) is 11.5 Å². The zero-order chi connectivity index (χ0) is 13.8. The number of phenolic OH excluding ortho intramolecular Hbond substituents is 2. The average molecular weight is 258 g/mol. The van der Waals surface area contributed by atoms with E-state index in [-0.39, 0.29) is 11.5 Å². The molecule has 0 spiro atoms. The van der Waals surface area contributed by atoms with Crippen molar-refractivity contribution in [1.82, 2.24) is 0 Å². The van der Waals surface area contributed by atoms with E-state index in [0.717, 1.165) is 11.4 Å². The van der Waals surface area contributed by atoms with E-state index in [4.69, 9.17) is 0 Å². The summed E-state index contributed by atoms with van der Waals surface area (Å²) >= 11 is 0. The maximum absolute atomic E-state index is 9.75. The highest BCUT2D eigenvalue weighted by atomic mass is 16.3. The minimum absolute atomic E-state index is 0.0719. The Kier molecular flexibility index (Phi) is 3.80. The molecule has 0 amide bonds. The highest BCUT2D eigenvalue weighted by molar-refractivity contribution is 5.69. The van der Waals surface area contributed by atoms with Crippen LogP contribution in [-0.4, -0.2) is 24.3 Å². The van der Waals surface area contributed by atoms with Crippen LogP contribution in [0.25, 0.3) is 0 Å². The lowest BCUT2D eigenvalue weighted by Crippen LogP contribution is -2.12. The summed E-state index contributed by atoms with van der Waals surface area (Å²) in [5.74, 6) is -0.169. The number of nitrogens with zero attached hydrogens (tertiary/aromatic N) is 1. The number of anilines is 2. The van der Waals surface area contributed by atoms with Crippen LogP contribution in [0.4, 0.5) is 11.4 Å². The maximum atomic E-state index is 9.75. The maximum Gasteiger partial charge on any atom is 0.162 e. The Labute approximate surface area is 112 Å². The Morgan fingerprint density at radius 2 is 1.74 bits per heavy atom. The van der Waals surface area contributed by atoms with Gasteiger partial charge in [-0.05, 0) is 18.2 Å².